The van der Waals surface area contributed by atoms with Crippen molar-refractivity contribution in [3.05, 3.63) is 57.6 Å². The molecule has 0 atom stereocenters. The van der Waals surface area contributed by atoms with Crippen molar-refractivity contribution in [3.8, 4) is 11.1 Å². The fourth-order valence-electron chi connectivity index (χ4n) is 1.88. The van der Waals surface area contributed by atoms with Gasteiger partial charge in [0.15, 0.2) is 0 Å². The molecule has 0 aliphatic heterocycles. The van der Waals surface area contributed by atoms with Gasteiger partial charge in [-0.3, -0.25) is 0 Å². The van der Waals surface area contributed by atoms with Gasteiger partial charge in [-0.15, -0.1) is 0 Å². The molecule has 0 heterocycles. The third-order valence-electron chi connectivity index (χ3n) is 2.75. The lowest BCUT2D eigenvalue weighted by molar-refractivity contribution is -0.138. The highest BCUT2D eigenvalue weighted by molar-refractivity contribution is 9.08. The Labute approximate surface area is 132 Å². The summed E-state index contributed by atoms with van der Waals surface area (Å²) < 4.78 is 38.5. The maximum atomic E-state index is 12.8. The largest absolute Gasteiger partial charge is 0.416 e. The zero-order valence-corrected chi connectivity index (χ0v) is 13.0. The maximum Gasteiger partial charge on any atom is 0.416 e. The minimum absolute atomic E-state index is 0.115. The first kappa shape index (κ1) is 15.7. The van der Waals surface area contributed by atoms with Gasteiger partial charge in [-0.1, -0.05) is 45.2 Å². The topological polar surface area (TPSA) is 0 Å². The second-order valence-electron chi connectivity index (χ2n) is 4.16. The number of hydrogen-bond donors (Lipinski definition) is 0. The normalized spacial score (nSPS) is 11.7. The Bertz CT molecular complexity index is 619. The smallest absolute Gasteiger partial charge is 0.166 e. The second kappa shape index (κ2) is 5.96. The molecule has 0 aliphatic rings. The van der Waals surface area contributed by atoms with Crippen LogP contribution in [0.4, 0.5) is 13.2 Å². The van der Waals surface area contributed by atoms with Gasteiger partial charge in [0.1, 0.15) is 0 Å². The molecule has 106 valence electrons. The molecule has 0 unspecified atom stereocenters. The van der Waals surface area contributed by atoms with Crippen molar-refractivity contribution in [3.63, 3.8) is 0 Å². The minimum atomic E-state index is -4.37. The van der Waals surface area contributed by atoms with Crippen LogP contribution in [0, 0.1) is 0 Å². The van der Waals surface area contributed by atoms with Crippen LogP contribution in [-0.4, -0.2) is 0 Å². The highest BCUT2D eigenvalue weighted by atomic mass is 79.9. The summed E-state index contributed by atoms with van der Waals surface area (Å²) in [6.07, 6.45) is -4.37. The molecule has 2 aromatic carbocycles. The number of benzene rings is 2. The molecular formula is C14H8BrCl2F3. The number of hydrogen-bond acceptors (Lipinski definition) is 0. The SMILES string of the molecule is FC(F)(F)c1ccc(-c2cc(Cl)cc(Cl)c2)cc1CBr. The third-order valence-corrected chi connectivity index (χ3v) is 3.79. The fourth-order valence-corrected chi connectivity index (χ4v) is 2.87. The van der Waals surface area contributed by atoms with E-state index in [2.05, 4.69) is 15.9 Å². The molecule has 0 amide bonds. The van der Waals surface area contributed by atoms with Gasteiger partial charge in [-0.25, -0.2) is 0 Å². The third kappa shape index (κ3) is 3.48. The number of halogens is 6. The lowest BCUT2D eigenvalue weighted by Gasteiger charge is -2.13. The van der Waals surface area contributed by atoms with Crippen molar-refractivity contribution in [2.24, 2.45) is 0 Å². The van der Waals surface area contributed by atoms with E-state index in [-0.39, 0.29) is 10.9 Å². The van der Waals surface area contributed by atoms with Gasteiger partial charge < -0.3 is 0 Å². The predicted molar refractivity (Wildman–Crippen MR) is 79.5 cm³/mol. The molecule has 6 heteroatoms. The molecule has 0 fully saturated rings. The Hall–Kier alpha value is -0.710. The van der Waals surface area contributed by atoms with Crippen LogP contribution in [0.1, 0.15) is 11.1 Å². The maximum absolute atomic E-state index is 12.8. The van der Waals surface area contributed by atoms with E-state index in [1.165, 1.54) is 12.1 Å². The van der Waals surface area contributed by atoms with Gasteiger partial charge in [0.25, 0.3) is 0 Å². The summed E-state index contributed by atoms with van der Waals surface area (Å²) in [7, 11) is 0. The van der Waals surface area contributed by atoms with Crippen LogP contribution in [0.2, 0.25) is 10.0 Å². The van der Waals surface area contributed by atoms with Crippen molar-refractivity contribution in [2.45, 2.75) is 11.5 Å². The summed E-state index contributed by atoms with van der Waals surface area (Å²) in [5.41, 5.74) is 0.840. The predicted octanol–water partition coefficient (Wildman–Crippen LogP) is 6.57. The summed E-state index contributed by atoms with van der Waals surface area (Å²) in [6.45, 7) is 0. The van der Waals surface area contributed by atoms with E-state index in [9.17, 15) is 13.2 Å². The summed E-state index contributed by atoms with van der Waals surface area (Å²) in [5.74, 6) is 0. The standard InChI is InChI=1S/C14H8BrCl2F3/c15-7-10-3-8(1-2-13(10)14(18,19)20)9-4-11(16)6-12(17)5-9/h1-6H,7H2. The van der Waals surface area contributed by atoms with Gasteiger partial charge in [0.05, 0.1) is 5.56 Å². The molecular weight excluding hydrogens is 376 g/mol. The van der Waals surface area contributed by atoms with Crippen LogP contribution in [0.3, 0.4) is 0 Å². The first-order valence-electron chi connectivity index (χ1n) is 5.54. The van der Waals surface area contributed by atoms with Crippen molar-refractivity contribution >= 4 is 39.1 Å². The molecule has 0 aromatic heterocycles. The number of rotatable bonds is 2. The monoisotopic (exact) mass is 382 g/mol. The molecule has 0 saturated carbocycles. The van der Waals surface area contributed by atoms with Crippen LogP contribution < -0.4 is 0 Å². The van der Waals surface area contributed by atoms with Gasteiger partial charge in [-0.2, -0.15) is 13.2 Å². The molecule has 0 bridgehead atoms. The Morgan fingerprint density at radius 3 is 2.00 bits per heavy atom. The van der Waals surface area contributed by atoms with E-state index >= 15 is 0 Å². The van der Waals surface area contributed by atoms with E-state index in [1.54, 1.807) is 18.2 Å². The summed E-state index contributed by atoms with van der Waals surface area (Å²) in [5, 5.41) is 0.991. The molecule has 0 spiro atoms. The highest BCUT2D eigenvalue weighted by Crippen LogP contribution is 2.36. The molecule has 2 rings (SSSR count). The van der Waals surface area contributed by atoms with E-state index in [4.69, 9.17) is 23.2 Å². The zero-order chi connectivity index (χ0) is 14.9. The van der Waals surface area contributed by atoms with Gasteiger partial charge in [0, 0.05) is 15.4 Å². The first-order chi connectivity index (χ1) is 9.31. The van der Waals surface area contributed by atoms with E-state index < -0.39 is 11.7 Å². The van der Waals surface area contributed by atoms with Crippen LogP contribution in [0.15, 0.2) is 36.4 Å². The van der Waals surface area contributed by atoms with Crippen molar-refractivity contribution in [2.75, 3.05) is 0 Å². The van der Waals surface area contributed by atoms with Crippen LogP contribution in [0.5, 0.6) is 0 Å². The quantitative estimate of drug-likeness (QED) is 0.514. The van der Waals surface area contributed by atoms with Crippen molar-refractivity contribution in [1.29, 1.82) is 0 Å². The van der Waals surface area contributed by atoms with Crippen LogP contribution >= 0.6 is 39.1 Å². The fraction of sp³-hybridized carbons (Fsp3) is 0.143. The van der Waals surface area contributed by atoms with Crippen LogP contribution in [0.25, 0.3) is 11.1 Å². The van der Waals surface area contributed by atoms with Crippen LogP contribution in [-0.2, 0) is 11.5 Å². The molecule has 0 radical (unpaired) electrons. The molecule has 0 saturated heterocycles. The molecule has 2 aromatic rings. The zero-order valence-electron chi connectivity index (χ0n) is 9.94. The van der Waals surface area contributed by atoms with Gasteiger partial charge in [-0.05, 0) is 47.0 Å². The van der Waals surface area contributed by atoms with E-state index in [0.29, 0.717) is 21.2 Å². The Kier molecular flexibility index (Phi) is 4.67. The first-order valence-corrected chi connectivity index (χ1v) is 7.41. The average Bonchev–Trinajstić information content (AvgIpc) is 2.35. The second-order valence-corrected chi connectivity index (χ2v) is 5.60. The summed E-state index contributed by atoms with van der Waals surface area (Å²) in [4.78, 5) is 0. The molecule has 0 nitrogen and oxygen atoms in total. The van der Waals surface area contributed by atoms with Gasteiger partial charge >= 0.3 is 6.18 Å². The molecule has 20 heavy (non-hydrogen) atoms. The summed E-state index contributed by atoms with van der Waals surface area (Å²) in [6, 6.07) is 8.86. The summed E-state index contributed by atoms with van der Waals surface area (Å²) >= 11 is 14.9. The lowest BCUT2D eigenvalue weighted by atomic mass is 9.99. The Morgan fingerprint density at radius 2 is 1.50 bits per heavy atom. The Balaban J connectivity index is 2.54. The van der Waals surface area contributed by atoms with Crippen molar-refractivity contribution in [1.82, 2.24) is 0 Å². The highest BCUT2D eigenvalue weighted by Gasteiger charge is 2.32. The van der Waals surface area contributed by atoms with E-state index in [0.717, 1.165) is 6.07 Å². The lowest BCUT2D eigenvalue weighted by Crippen LogP contribution is -2.08. The molecule has 0 N–H and O–H groups in total. The van der Waals surface area contributed by atoms with Gasteiger partial charge in [0.2, 0.25) is 0 Å². The Morgan fingerprint density at radius 1 is 0.900 bits per heavy atom. The average molecular weight is 384 g/mol. The van der Waals surface area contributed by atoms with Crippen molar-refractivity contribution < 1.29 is 13.2 Å². The van der Waals surface area contributed by atoms with E-state index in [1.807, 2.05) is 0 Å². The minimum Gasteiger partial charge on any atom is -0.166 e. The molecule has 0 aliphatic carbocycles. The number of alkyl halides is 4.